The molecule has 0 aliphatic carbocycles. The Labute approximate surface area is 208 Å². The van der Waals surface area contributed by atoms with E-state index in [4.69, 9.17) is 21.1 Å². The lowest BCUT2D eigenvalue weighted by Crippen LogP contribution is -2.40. The lowest BCUT2D eigenvalue weighted by atomic mass is 10.1. The van der Waals surface area contributed by atoms with E-state index in [-0.39, 0.29) is 35.1 Å². The molecule has 1 amide bonds. The number of ether oxygens (including phenoxy) is 2. The van der Waals surface area contributed by atoms with Crippen molar-refractivity contribution in [1.29, 1.82) is 0 Å². The summed E-state index contributed by atoms with van der Waals surface area (Å²) in [6.45, 7) is 0.654. The van der Waals surface area contributed by atoms with E-state index in [0.29, 0.717) is 26.1 Å². The number of sulfonamides is 1. The van der Waals surface area contributed by atoms with E-state index in [1.807, 2.05) is 30.5 Å². The number of carbonyl (C=O) groups is 2. The number of benzene rings is 2. The Bertz CT molecular complexity index is 1320. The first-order valence-electron chi connectivity index (χ1n) is 11.2. The number of aryl methyl sites for hydroxylation is 1. The maximum atomic E-state index is 12.9. The van der Waals surface area contributed by atoms with Crippen LogP contribution in [-0.4, -0.2) is 62.5 Å². The number of para-hydroxylation sites is 1. The second-order valence-corrected chi connectivity index (χ2v) is 10.4. The highest BCUT2D eigenvalue weighted by atomic mass is 35.5. The van der Waals surface area contributed by atoms with Gasteiger partial charge in [-0.05, 0) is 42.7 Å². The number of esters is 1. The summed E-state index contributed by atoms with van der Waals surface area (Å²) in [4.78, 5) is 27.6. The predicted octanol–water partition coefficient (Wildman–Crippen LogP) is 3.35. The molecule has 0 unspecified atom stereocenters. The van der Waals surface area contributed by atoms with Crippen molar-refractivity contribution in [3.05, 3.63) is 59.2 Å². The van der Waals surface area contributed by atoms with E-state index in [9.17, 15) is 18.0 Å². The second-order valence-electron chi connectivity index (χ2n) is 8.08. The first-order valence-corrected chi connectivity index (χ1v) is 13.0. The van der Waals surface area contributed by atoms with Crippen LogP contribution in [0, 0.1) is 0 Å². The van der Waals surface area contributed by atoms with E-state index < -0.39 is 28.5 Å². The van der Waals surface area contributed by atoms with Gasteiger partial charge in [-0.25, -0.2) is 8.42 Å². The third-order valence-corrected chi connectivity index (χ3v) is 7.91. The summed E-state index contributed by atoms with van der Waals surface area (Å²) in [7, 11) is -3.75. The number of fused-ring (bicyclic) bond motifs is 1. The maximum absolute atomic E-state index is 12.9. The van der Waals surface area contributed by atoms with Crippen molar-refractivity contribution in [3.63, 3.8) is 0 Å². The van der Waals surface area contributed by atoms with Crippen molar-refractivity contribution in [1.82, 2.24) is 9.29 Å². The number of nitrogens with one attached hydrogen (secondary N) is 2. The van der Waals surface area contributed by atoms with Gasteiger partial charge in [0.1, 0.15) is 0 Å². The third-order valence-electron chi connectivity index (χ3n) is 5.69. The van der Waals surface area contributed by atoms with Gasteiger partial charge in [0.25, 0.3) is 5.91 Å². The summed E-state index contributed by atoms with van der Waals surface area (Å²) >= 11 is 6.14. The summed E-state index contributed by atoms with van der Waals surface area (Å²) < 4.78 is 37.3. The number of anilines is 1. The number of halogens is 1. The minimum absolute atomic E-state index is 0.00776. The molecule has 2 N–H and O–H groups in total. The molecule has 11 heteroatoms. The van der Waals surface area contributed by atoms with Crippen LogP contribution in [0.3, 0.4) is 0 Å². The molecule has 0 spiro atoms. The number of aromatic nitrogens is 1. The van der Waals surface area contributed by atoms with E-state index >= 15 is 0 Å². The van der Waals surface area contributed by atoms with Crippen LogP contribution in [0.5, 0.6) is 0 Å². The van der Waals surface area contributed by atoms with Gasteiger partial charge in [-0.1, -0.05) is 29.8 Å². The quantitative estimate of drug-likeness (QED) is 0.419. The zero-order valence-electron chi connectivity index (χ0n) is 19.0. The van der Waals surface area contributed by atoms with E-state index in [2.05, 4.69) is 10.3 Å². The molecule has 2 aromatic carbocycles. The van der Waals surface area contributed by atoms with E-state index in [1.54, 1.807) is 0 Å². The number of carbonyl (C=O) groups excluding carboxylic acids is 2. The fourth-order valence-electron chi connectivity index (χ4n) is 3.86. The normalized spacial score (nSPS) is 14.7. The molecule has 1 aromatic heterocycles. The molecule has 0 radical (unpaired) electrons. The van der Waals surface area contributed by atoms with Gasteiger partial charge in [0.05, 0.1) is 28.8 Å². The van der Waals surface area contributed by atoms with Crippen molar-refractivity contribution in [2.75, 3.05) is 38.2 Å². The molecule has 1 aliphatic heterocycles. The Kier molecular flexibility index (Phi) is 8.07. The van der Waals surface area contributed by atoms with Gasteiger partial charge in [0, 0.05) is 36.6 Å². The average Bonchev–Trinajstić information content (AvgIpc) is 3.27. The first-order chi connectivity index (χ1) is 16.8. The smallest absolute Gasteiger partial charge is 0.306 e. The molecular formula is C24H26ClN3O6S. The molecule has 0 saturated carbocycles. The predicted molar refractivity (Wildman–Crippen MR) is 132 cm³/mol. The van der Waals surface area contributed by atoms with Crippen LogP contribution in [-0.2, 0) is 35.5 Å². The van der Waals surface area contributed by atoms with Crippen LogP contribution in [0.1, 0.15) is 18.4 Å². The van der Waals surface area contributed by atoms with Gasteiger partial charge in [-0.15, -0.1) is 0 Å². The SMILES string of the molecule is O=C(COC(=O)CCCc1c[nH]c2ccccc12)Nc1cc(S(=O)(=O)N2CCOCC2)ccc1Cl. The van der Waals surface area contributed by atoms with Crippen LogP contribution in [0.15, 0.2) is 53.6 Å². The summed E-state index contributed by atoms with van der Waals surface area (Å²) in [6, 6.07) is 12.0. The number of hydrogen-bond acceptors (Lipinski definition) is 6. The van der Waals surface area contributed by atoms with Gasteiger partial charge < -0.3 is 19.8 Å². The number of nitrogens with zero attached hydrogens (tertiary/aromatic N) is 1. The van der Waals surface area contributed by atoms with Gasteiger partial charge in [-0.2, -0.15) is 4.31 Å². The van der Waals surface area contributed by atoms with Crippen LogP contribution in [0.4, 0.5) is 5.69 Å². The molecule has 4 rings (SSSR count). The fourth-order valence-corrected chi connectivity index (χ4v) is 5.46. The Balaban J connectivity index is 1.27. The largest absolute Gasteiger partial charge is 0.456 e. The molecule has 9 nitrogen and oxygen atoms in total. The average molecular weight is 520 g/mol. The minimum atomic E-state index is -3.75. The molecule has 1 fully saturated rings. The maximum Gasteiger partial charge on any atom is 0.306 e. The van der Waals surface area contributed by atoms with Crippen LogP contribution in [0.2, 0.25) is 5.02 Å². The lowest BCUT2D eigenvalue weighted by Gasteiger charge is -2.26. The molecular weight excluding hydrogens is 494 g/mol. The molecule has 0 atom stereocenters. The topological polar surface area (TPSA) is 118 Å². The van der Waals surface area contributed by atoms with Gasteiger partial charge in [-0.3, -0.25) is 9.59 Å². The number of aromatic amines is 1. The minimum Gasteiger partial charge on any atom is -0.456 e. The highest BCUT2D eigenvalue weighted by Gasteiger charge is 2.27. The van der Waals surface area contributed by atoms with Crippen LogP contribution in [0.25, 0.3) is 10.9 Å². The molecule has 35 heavy (non-hydrogen) atoms. The molecule has 0 bridgehead atoms. The Morgan fingerprint density at radius 1 is 1.14 bits per heavy atom. The van der Waals surface area contributed by atoms with E-state index in [0.717, 1.165) is 16.5 Å². The van der Waals surface area contributed by atoms with Crippen molar-refractivity contribution in [2.45, 2.75) is 24.2 Å². The highest BCUT2D eigenvalue weighted by Crippen LogP contribution is 2.27. The zero-order chi connectivity index (χ0) is 24.8. The Hall–Kier alpha value is -2.92. The number of H-pyrrole nitrogens is 1. The van der Waals surface area contributed by atoms with Crippen molar-refractivity contribution >= 4 is 50.1 Å². The lowest BCUT2D eigenvalue weighted by molar-refractivity contribution is -0.147. The first kappa shape index (κ1) is 25.2. The molecule has 1 saturated heterocycles. The molecule has 1 aliphatic rings. The van der Waals surface area contributed by atoms with Crippen LogP contribution < -0.4 is 5.32 Å². The highest BCUT2D eigenvalue weighted by molar-refractivity contribution is 7.89. The van der Waals surface area contributed by atoms with Crippen LogP contribution >= 0.6 is 11.6 Å². The van der Waals surface area contributed by atoms with Crippen molar-refractivity contribution in [2.24, 2.45) is 0 Å². The fraction of sp³-hybridized carbons (Fsp3) is 0.333. The Morgan fingerprint density at radius 3 is 2.71 bits per heavy atom. The van der Waals surface area contributed by atoms with E-state index in [1.165, 1.54) is 22.5 Å². The van der Waals surface area contributed by atoms with Gasteiger partial charge in [0.15, 0.2) is 6.61 Å². The van der Waals surface area contributed by atoms with Gasteiger partial charge >= 0.3 is 5.97 Å². The van der Waals surface area contributed by atoms with Gasteiger partial charge in [0.2, 0.25) is 10.0 Å². The monoisotopic (exact) mass is 519 g/mol. The number of rotatable bonds is 9. The third kappa shape index (κ3) is 6.21. The summed E-state index contributed by atoms with van der Waals surface area (Å²) in [5.74, 6) is -1.10. The summed E-state index contributed by atoms with van der Waals surface area (Å²) in [6.07, 6.45) is 3.38. The molecule has 3 aromatic rings. The zero-order valence-corrected chi connectivity index (χ0v) is 20.5. The second kappa shape index (κ2) is 11.2. The standard InChI is InChI=1S/C24H26ClN3O6S/c25-20-9-8-18(35(31,32)28-10-12-33-13-11-28)14-22(20)27-23(29)16-34-24(30)7-3-4-17-15-26-21-6-2-1-5-19(17)21/h1-2,5-6,8-9,14-15,26H,3-4,7,10-13,16H2,(H,27,29). The summed E-state index contributed by atoms with van der Waals surface area (Å²) in [5.41, 5.74) is 2.29. The van der Waals surface area contributed by atoms with Crippen molar-refractivity contribution in [3.8, 4) is 0 Å². The number of amides is 1. The molecule has 2 heterocycles. The van der Waals surface area contributed by atoms with Crippen molar-refractivity contribution < 1.29 is 27.5 Å². The summed E-state index contributed by atoms with van der Waals surface area (Å²) in [5, 5.41) is 3.81. The number of morpholine rings is 1. The Morgan fingerprint density at radius 2 is 1.91 bits per heavy atom. The molecule has 186 valence electrons. The number of hydrogen-bond donors (Lipinski definition) is 2.